The highest BCUT2D eigenvalue weighted by molar-refractivity contribution is 5.83. The summed E-state index contributed by atoms with van der Waals surface area (Å²) in [5.74, 6) is 1.18. The third kappa shape index (κ3) is 2.99. The van der Waals surface area contributed by atoms with E-state index in [1.54, 1.807) is 38.3 Å². The third-order valence-electron chi connectivity index (χ3n) is 2.94. The Morgan fingerprint density at radius 2 is 1.80 bits per heavy atom. The van der Waals surface area contributed by atoms with Gasteiger partial charge in [-0.1, -0.05) is 0 Å². The van der Waals surface area contributed by atoms with Gasteiger partial charge in [0.25, 0.3) is 5.91 Å². The number of carbonyl (C=O) groups excluding carboxylic acids is 1. The largest absolute Gasteiger partial charge is 0.497 e. The molecule has 1 heterocycles. The second kappa shape index (κ2) is 5.77. The number of rotatable bonds is 4. The van der Waals surface area contributed by atoms with Crippen LogP contribution in [-0.2, 0) is 0 Å². The Bertz CT molecular complexity index is 602. The van der Waals surface area contributed by atoms with Crippen molar-refractivity contribution in [1.29, 1.82) is 0 Å². The monoisotopic (exact) mass is 274 g/mol. The minimum atomic E-state index is -0.610. The number of hydrogen-bond donors (Lipinski definition) is 0. The van der Waals surface area contributed by atoms with Crippen LogP contribution in [0.2, 0.25) is 0 Å². The van der Waals surface area contributed by atoms with E-state index in [4.69, 9.17) is 9.47 Å². The van der Waals surface area contributed by atoms with E-state index >= 15 is 0 Å². The number of hydrogen-bond acceptors (Lipinski definition) is 4. The lowest BCUT2D eigenvalue weighted by atomic mass is 10.3. The SMILES string of the molecule is COc1ccc(OC(C)C(=O)n2nc(C)cc2C)cc1. The number of aryl methyl sites for hydroxylation is 2. The smallest absolute Gasteiger partial charge is 0.287 e. The quantitative estimate of drug-likeness (QED) is 0.860. The zero-order valence-corrected chi connectivity index (χ0v) is 12.1. The van der Waals surface area contributed by atoms with Crippen LogP contribution < -0.4 is 9.47 Å². The first-order valence-corrected chi connectivity index (χ1v) is 6.39. The van der Waals surface area contributed by atoms with Gasteiger partial charge in [-0.3, -0.25) is 4.79 Å². The minimum Gasteiger partial charge on any atom is -0.497 e. The highest BCUT2D eigenvalue weighted by Crippen LogP contribution is 2.18. The molecule has 0 bridgehead atoms. The van der Waals surface area contributed by atoms with Crippen molar-refractivity contribution in [3.8, 4) is 11.5 Å². The predicted molar refractivity (Wildman–Crippen MR) is 75.4 cm³/mol. The maximum atomic E-state index is 12.3. The first kappa shape index (κ1) is 14.1. The van der Waals surface area contributed by atoms with Crippen molar-refractivity contribution in [3.05, 3.63) is 41.7 Å². The van der Waals surface area contributed by atoms with Crippen molar-refractivity contribution in [1.82, 2.24) is 9.78 Å². The van der Waals surface area contributed by atoms with Gasteiger partial charge >= 0.3 is 0 Å². The Kier molecular flexibility index (Phi) is 4.08. The van der Waals surface area contributed by atoms with E-state index < -0.39 is 6.10 Å². The molecular weight excluding hydrogens is 256 g/mol. The van der Waals surface area contributed by atoms with Gasteiger partial charge in [-0.05, 0) is 51.1 Å². The van der Waals surface area contributed by atoms with Crippen LogP contribution in [0.5, 0.6) is 11.5 Å². The van der Waals surface area contributed by atoms with Crippen molar-refractivity contribution >= 4 is 5.91 Å². The number of methoxy groups -OCH3 is 1. The van der Waals surface area contributed by atoms with E-state index in [9.17, 15) is 4.79 Å². The molecule has 0 N–H and O–H groups in total. The summed E-state index contributed by atoms with van der Waals surface area (Å²) < 4.78 is 12.1. The van der Waals surface area contributed by atoms with E-state index in [-0.39, 0.29) is 5.91 Å². The number of carbonyl (C=O) groups is 1. The summed E-state index contributed by atoms with van der Waals surface area (Å²) in [7, 11) is 1.60. The van der Waals surface area contributed by atoms with Crippen LogP contribution in [0.25, 0.3) is 0 Å². The summed E-state index contributed by atoms with van der Waals surface area (Å²) in [6, 6.07) is 8.97. The van der Waals surface area contributed by atoms with Crippen molar-refractivity contribution in [2.24, 2.45) is 0 Å². The Morgan fingerprint density at radius 1 is 1.20 bits per heavy atom. The zero-order valence-electron chi connectivity index (χ0n) is 12.1. The molecule has 0 saturated carbocycles. The molecular formula is C15H18N2O3. The Labute approximate surface area is 118 Å². The first-order valence-electron chi connectivity index (χ1n) is 6.39. The van der Waals surface area contributed by atoms with Crippen molar-refractivity contribution in [3.63, 3.8) is 0 Å². The summed E-state index contributed by atoms with van der Waals surface area (Å²) in [4.78, 5) is 12.3. The predicted octanol–water partition coefficient (Wildman–Crippen LogP) is 2.62. The minimum absolute atomic E-state index is 0.189. The van der Waals surface area contributed by atoms with Crippen LogP contribution in [0.3, 0.4) is 0 Å². The Balaban J connectivity index is 2.09. The van der Waals surface area contributed by atoms with Crippen LogP contribution in [-0.4, -0.2) is 28.9 Å². The van der Waals surface area contributed by atoms with Gasteiger partial charge in [0.1, 0.15) is 11.5 Å². The zero-order chi connectivity index (χ0) is 14.7. The molecule has 20 heavy (non-hydrogen) atoms. The van der Waals surface area contributed by atoms with Crippen LogP contribution >= 0.6 is 0 Å². The van der Waals surface area contributed by atoms with Crippen LogP contribution in [0.1, 0.15) is 23.1 Å². The van der Waals surface area contributed by atoms with Gasteiger partial charge in [-0.15, -0.1) is 0 Å². The average molecular weight is 274 g/mol. The Hall–Kier alpha value is -2.30. The van der Waals surface area contributed by atoms with E-state index in [1.165, 1.54) is 4.68 Å². The van der Waals surface area contributed by atoms with Crippen LogP contribution in [0.15, 0.2) is 30.3 Å². The molecule has 1 aromatic carbocycles. The van der Waals surface area contributed by atoms with Gasteiger partial charge in [0.2, 0.25) is 0 Å². The standard InChI is InChI=1S/C15H18N2O3/c1-10-9-11(2)17(16-10)15(18)12(3)20-14-7-5-13(19-4)6-8-14/h5-9,12H,1-4H3. The van der Waals surface area contributed by atoms with Crippen molar-refractivity contribution < 1.29 is 14.3 Å². The summed E-state index contributed by atoms with van der Waals surface area (Å²) in [6.07, 6.45) is -0.610. The summed E-state index contributed by atoms with van der Waals surface area (Å²) in [5, 5.41) is 4.17. The molecule has 1 unspecified atom stereocenters. The molecule has 5 nitrogen and oxygen atoms in total. The first-order chi connectivity index (χ1) is 9.51. The van der Waals surface area contributed by atoms with E-state index in [0.717, 1.165) is 17.1 Å². The van der Waals surface area contributed by atoms with Gasteiger partial charge in [0.15, 0.2) is 6.10 Å². The number of ether oxygens (including phenoxy) is 2. The molecule has 0 saturated heterocycles. The molecule has 106 valence electrons. The van der Waals surface area contributed by atoms with E-state index in [2.05, 4.69) is 5.10 Å². The second-order valence-electron chi connectivity index (χ2n) is 4.61. The second-order valence-corrected chi connectivity index (χ2v) is 4.61. The molecule has 5 heteroatoms. The number of aromatic nitrogens is 2. The number of nitrogens with zero attached hydrogens (tertiary/aromatic N) is 2. The highest BCUT2D eigenvalue weighted by atomic mass is 16.5. The lowest BCUT2D eigenvalue weighted by molar-refractivity contribution is 0.0707. The molecule has 0 aliphatic heterocycles. The van der Waals surface area contributed by atoms with Gasteiger partial charge in [-0.2, -0.15) is 5.10 Å². The number of benzene rings is 1. The molecule has 0 aliphatic rings. The van der Waals surface area contributed by atoms with Gasteiger partial charge in [0, 0.05) is 5.69 Å². The third-order valence-corrected chi connectivity index (χ3v) is 2.94. The highest BCUT2D eigenvalue weighted by Gasteiger charge is 2.19. The summed E-state index contributed by atoms with van der Waals surface area (Å²) in [5.41, 5.74) is 1.62. The maximum absolute atomic E-state index is 12.3. The average Bonchev–Trinajstić information content (AvgIpc) is 2.77. The molecule has 2 aromatic rings. The van der Waals surface area contributed by atoms with Crippen LogP contribution in [0, 0.1) is 13.8 Å². The maximum Gasteiger partial charge on any atom is 0.287 e. The van der Waals surface area contributed by atoms with Gasteiger partial charge < -0.3 is 9.47 Å². The van der Waals surface area contributed by atoms with Crippen molar-refractivity contribution in [2.45, 2.75) is 26.9 Å². The van der Waals surface area contributed by atoms with E-state index in [0.29, 0.717) is 5.75 Å². The lowest BCUT2D eigenvalue weighted by Gasteiger charge is -2.14. The molecule has 1 aromatic heterocycles. The lowest BCUT2D eigenvalue weighted by Crippen LogP contribution is -2.30. The van der Waals surface area contributed by atoms with Gasteiger partial charge in [-0.25, -0.2) is 4.68 Å². The fourth-order valence-electron chi connectivity index (χ4n) is 1.93. The van der Waals surface area contributed by atoms with E-state index in [1.807, 2.05) is 19.9 Å². The molecule has 0 radical (unpaired) electrons. The molecule has 0 amide bonds. The molecule has 1 atom stereocenters. The molecule has 2 rings (SSSR count). The molecule has 0 fully saturated rings. The van der Waals surface area contributed by atoms with Gasteiger partial charge in [0.05, 0.1) is 12.8 Å². The fourth-order valence-corrected chi connectivity index (χ4v) is 1.93. The summed E-state index contributed by atoms with van der Waals surface area (Å²) in [6.45, 7) is 5.41. The fraction of sp³-hybridized carbons (Fsp3) is 0.333. The van der Waals surface area contributed by atoms with Crippen molar-refractivity contribution in [2.75, 3.05) is 7.11 Å². The topological polar surface area (TPSA) is 53.4 Å². The van der Waals surface area contributed by atoms with Crippen LogP contribution in [0.4, 0.5) is 0 Å². The molecule has 0 aliphatic carbocycles. The summed E-state index contributed by atoms with van der Waals surface area (Å²) >= 11 is 0. The normalized spacial score (nSPS) is 12.0. The molecule has 0 spiro atoms. The Morgan fingerprint density at radius 3 is 2.30 bits per heavy atom.